The van der Waals surface area contributed by atoms with Crippen LogP contribution in [0.25, 0.3) is 11.4 Å². The third-order valence-electron chi connectivity index (χ3n) is 3.38. The van der Waals surface area contributed by atoms with Gasteiger partial charge in [0, 0.05) is 36.0 Å². The van der Waals surface area contributed by atoms with Crippen LogP contribution in [-0.2, 0) is 11.8 Å². The highest BCUT2D eigenvalue weighted by atomic mass is 15.0. The molecule has 0 saturated heterocycles. The van der Waals surface area contributed by atoms with Crippen molar-refractivity contribution >= 4 is 5.82 Å². The predicted octanol–water partition coefficient (Wildman–Crippen LogP) is 3.83. The van der Waals surface area contributed by atoms with E-state index in [9.17, 15) is 0 Å². The Morgan fingerprint density at radius 2 is 1.90 bits per heavy atom. The Hall–Kier alpha value is -1.97. The van der Waals surface area contributed by atoms with Crippen LogP contribution in [0.1, 0.15) is 45.9 Å². The van der Waals surface area contributed by atoms with Crippen LogP contribution in [-0.4, -0.2) is 21.5 Å². The quantitative estimate of drug-likeness (QED) is 0.927. The van der Waals surface area contributed by atoms with E-state index in [1.807, 2.05) is 18.3 Å². The minimum atomic E-state index is -0.0126. The fourth-order valence-electron chi connectivity index (χ4n) is 2.15. The molecule has 21 heavy (non-hydrogen) atoms. The summed E-state index contributed by atoms with van der Waals surface area (Å²) in [5.74, 6) is 1.66. The van der Waals surface area contributed by atoms with E-state index in [0.717, 1.165) is 35.9 Å². The summed E-state index contributed by atoms with van der Waals surface area (Å²) in [6.45, 7) is 11.5. The summed E-state index contributed by atoms with van der Waals surface area (Å²) in [5.41, 5.74) is 3.27. The molecule has 0 aliphatic carbocycles. The molecule has 4 nitrogen and oxygen atoms in total. The summed E-state index contributed by atoms with van der Waals surface area (Å²) in [6, 6.07) is 4.04. The van der Waals surface area contributed by atoms with E-state index in [0.29, 0.717) is 0 Å². The van der Waals surface area contributed by atoms with Crippen LogP contribution in [0.15, 0.2) is 24.5 Å². The third kappa shape index (κ3) is 3.57. The molecule has 0 atom stereocenters. The smallest absolute Gasteiger partial charge is 0.162 e. The van der Waals surface area contributed by atoms with Gasteiger partial charge in [0.05, 0.1) is 5.69 Å². The first-order chi connectivity index (χ1) is 9.95. The molecule has 4 heteroatoms. The fourth-order valence-corrected chi connectivity index (χ4v) is 2.15. The van der Waals surface area contributed by atoms with Gasteiger partial charge in [-0.2, -0.15) is 0 Å². The zero-order valence-electron chi connectivity index (χ0n) is 13.6. The van der Waals surface area contributed by atoms with E-state index in [1.165, 1.54) is 5.56 Å². The first kappa shape index (κ1) is 15.4. The second-order valence-electron chi connectivity index (χ2n) is 6.13. The zero-order valence-corrected chi connectivity index (χ0v) is 13.6. The Morgan fingerprint density at radius 1 is 1.14 bits per heavy atom. The average Bonchev–Trinajstić information content (AvgIpc) is 2.46. The Bertz CT molecular complexity index is 614. The van der Waals surface area contributed by atoms with Crippen molar-refractivity contribution in [1.82, 2.24) is 15.0 Å². The summed E-state index contributed by atoms with van der Waals surface area (Å²) < 4.78 is 0. The lowest BCUT2D eigenvalue weighted by Gasteiger charge is -2.20. The van der Waals surface area contributed by atoms with Crippen molar-refractivity contribution in [2.45, 2.75) is 46.5 Å². The molecule has 0 aromatic carbocycles. The van der Waals surface area contributed by atoms with Crippen LogP contribution in [0.5, 0.6) is 0 Å². The molecule has 0 spiro atoms. The number of hydrogen-bond donors (Lipinski definition) is 1. The van der Waals surface area contributed by atoms with E-state index >= 15 is 0 Å². The molecule has 0 bridgehead atoms. The lowest BCUT2D eigenvalue weighted by atomic mass is 9.91. The van der Waals surface area contributed by atoms with Gasteiger partial charge in [0.15, 0.2) is 5.82 Å². The van der Waals surface area contributed by atoms with Gasteiger partial charge in [-0.3, -0.25) is 4.98 Å². The minimum absolute atomic E-state index is 0.0126. The van der Waals surface area contributed by atoms with Crippen LogP contribution < -0.4 is 5.32 Å². The van der Waals surface area contributed by atoms with E-state index in [-0.39, 0.29) is 5.41 Å². The molecule has 0 unspecified atom stereocenters. The molecule has 2 heterocycles. The minimum Gasteiger partial charge on any atom is -0.370 e. The summed E-state index contributed by atoms with van der Waals surface area (Å²) in [5, 5.41) is 3.30. The van der Waals surface area contributed by atoms with Gasteiger partial charge in [-0.05, 0) is 25.0 Å². The monoisotopic (exact) mass is 284 g/mol. The summed E-state index contributed by atoms with van der Waals surface area (Å²) in [4.78, 5) is 13.7. The topological polar surface area (TPSA) is 50.7 Å². The number of aromatic nitrogens is 3. The summed E-state index contributed by atoms with van der Waals surface area (Å²) >= 11 is 0. The van der Waals surface area contributed by atoms with Gasteiger partial charge >= 0.3 is 0 Å². The van der Waals surface area contributed by atoms with E-state index in [4.69, 9.17) is 4.98 Å². The standard InChI is InChI=1S/C17H24N4/c1-6-12-11-18-9-8-13(12)16-20-14(17(3,4)5)10-15(21-16)19-7-2/h8-11H,6-7H2,1-5H3,(H,19,20,21). The molecule has 112 valence electrons. The molecule has 1 N–H and O–H groups in total. The molecule has 0 fully saturated rings. The zero-order chi connectivity index (χ0) is 15.5. The van der Waals surface area contributed by atoms with Gasteiger partial charge in [-0.1, -0.05) is 27.7 Å². The van der Waals surface area contributed by atoms with Crippen molar-refractivity contribution in [3.05, 3.63) is 35.8 Å². The second kappa shape index (κ2) is 6.20. The van der Waals surface area contributed by atoms with Gasteiger partial charge in [-0.25, -0.2) is 9.97 Å². The van der Waals surface area contributed by atoms with Gasteiger partial charge in [0.2, 0.25) is 0 Å². The Kier molecular flexibility index (Phi) is 4.56. The normalized spacial score (nSPS) is 11.5. The summed E-state index contributed by atoms with van der Waals surface area (Å²) in [6.07, 6.45) is 4.62. The van der Waals surface area contributed by atoms with Gasteiger partial charge in [-0.15, -0.1) is 0 Å². The maximum atomic E-state index is 4.79. The molecule has 2 aromatic heterocycles. The molecule has 0 aliphatic rings. The summed E-state index contributed by atoms with van der Waals surface area (Å²) in [7, 11) is 0. The highest BCUT2D eigenvalue weighted by Crippen LogP contribution is 2.27. The molecular formula is C17H24N4. The predicted molar refractivity (Wildman–Crippen MR) is 87.5 cm³/mol. The van der Waals surface area contributed by atoms with Crippen molar-refractivity contribution < 1.29 is 0 Å². The number of rotatable bonds is 4. The van der Waals surface area contributed by atoms with Gasteiger partial charge in [0.1, 0.15) is 5.82 Å². The number of nitrogens with one attached hydrogen (secondary N) is 1. The molecule has 0 aliphatic heterocycles. The average molecular weight is 284 g/mol. The van der Waals surface area contributed by atoms with E-state index in [2.05, 4.69) is 49.9 Å². The largest absolute Gasteiger partial charge is 0.370 e. The number of anilines is 1. The Labute approximate surface area is 127 Å². The molecule has 2 rings (SSSR count). The van der Waals surface area contributed by atoms with Crippen molar-refractivity contribution in [2.24, 2.45) is 0 Å². The van der Waals surface area contributed by atoms with Gasteiger partial charge in [0.25, 0.3) is 0 Å². The Morgan fingerprint density at radius 3 is 2.52 bits per heavy atom. The number of aryl methyl sites for hydroxylation is 1. The van der Waals surface area contributed by atoms with Crippen molar-refractivity contribution in [1.29, 1.82) is 0 Å². The van der Waals surface area contributed by atoms with Crippen LogP contribution in [0, 0.1) is 0 Å². The van der Waals surface area contributed by atoms with Crippen molar-refractivity contribution in [3.63, 3.8) is 0 Å². The first-order valence-corrected chi connectivity index (χ1v) is 7.52. The van der Waals surface area contributed by atoms with Crippen LogP contribution in [0.2, 0.25) is 0 Å². The lowest BCUT2D eigenvalue weighted by molar-refractivity contribution is 0.568. The maximum absolute atomic E-state index is 4.79. The van der Waals surface area contributed by atoms with E-state index < -0.39 is 0 Å². The molecular weight excluding hydrogens is 260 g/mol. The fraction of sp³-hybridized carbons (Fsp3) is 0.471. The SMILES string of the molecule is CCNc1cc(C(C)(C)C)nc(-c2ccncc2CC)n1. The molecule has 2 aromatic rings. The number of nitrogens with zero attached hydrogens (tertiary/aromatic N) is 3. The maximum Gasteiger partial charge on any atom is 0.162 e. The van der Waals surface area contributed by atoms with E-state index in [1.54, 1.807) is 6.20 Å². The number of hydrogen-bond acceptors (Lipinski definition) is 4. The molecule has 0 amide bonds. The first-order valence-electron chi connectivity index (χ1n) is 7.52. The highest BCUT2D eigenvalue weighted by Gasteiger charge is 2.19. The van der Waals surface area contributed by atoms with Crippen LogP contribution >= 0.6 is 0 Å². The van der Waals surface area contributed by atoms with Crippen molar-refractivity contribution in [2.75, 3.05) is 11.9 Å². The molecule has 0 saturated carbocycles. The highest BCUT2D eigenvalue weighted by molar-refractivity contribution is 5.61. The number of pyridine rings is 1. The van der Waals surface area contributed by atoms with Gasteiger partial charge < -0.3 is 5.32 Å². The molecule has 0 radical (unpaired) electrons. The second-order valence-corrected chi connectivity index (χ2v) is 6.13. The van der Waals surface area contributed by atoms with Crippen molar-refractivity contribution in [3.8, 4) is 11.4 Å². The van der Waals surface area contributed by atoms with Crippen LogP contribution in [0.3, 0.4) is 0 Å². The van der Waals surface area contributed by atoms with Crippen LogP contribution in [0.4, 0.5) is 5.82 Å². The third-order valence-corrected chi connectivity index (χ3v) is 3.38. The Balaban J connectivity index is 2.59. The lowest BCUT2D eigenvalue weighted by Crippen LogP contribution is -2.16.